The fraction of sp³-hybridized carbons (Fsp3) is 0.800. The maximum atomic E-state index is 9.31. The van der Waals surface area contributed by atoms with E-state index in [-0.39, 0.29) is 11.6 Å². The zero-order chi connectivity index (χ0) is 11.2. The number of aromatic nitrogens is 3. The summed E-state index contributed by atoms with van der Waals surface area (Å²) >= 11 is 5.22. The van der Waals surface area contributed by atoms with Crippen molar-refractivity contribution >= 4 is 12.2 Å². The third-order valence-corrected chi connectivity index (χ3v) is 3.12. The van der Waals surface area contributed by atoms with Gasteiger partial charge in [0.2, 0.25) is 0 Å². The quantitative estimate of drug-likeness (QED) is 0.721. The van der Waals surface area contributed by atoms with Crippen molar-refractivity contribution in [1.82, 2.24) is 14.8 Å². The molecule has 0 aliphatic heterocycles. The van der Waals surface area contributed by atoms with Crippen LogP contribution in [0.2, 0.25) is 0 Å². The molecular formula is C10H17N3OS. The predicted molar refractivity (Wildman–Crippen MR) is 60.4 cm³/mol. The van der Waals surface area contributed by atoms with Crippen LogP contribution in [-0.4, -0.2) is 26.0 Å². The van der Waals surface area contributed by atoms with E-state index in [9.17, 15) is 5.11 Å². The Morgan fingerprint density at radius 1 is 1.47 bits per heavy atom. The molecule has 0 unspecified atom stereocenters. The summed E-state index contributed by atoms with van der Waals surface area (Å²) in [6.07, 6.45) is 1.44. The minimum absolute atomic E-state index is 0.0556. The fourth-order valence-corrected chi connectivity index (χ4v) is 2.44. The molecule has 0 aromatic carbocycles. The highest BCUT2D eigenvalue weighted by Crippen LogP contribution is 2.37. The number of aliphatic hydroxyl groups excluding tert-OH is 1. The van der Waals surface area contributed by atoms with Crippen LogP contribution in [0.4, 0.5) is 0 Å². The molecule has 0 bridgehead atoms. The lowest BCUT2D eigenvalue weighted by Gasteiger charge is -2.33. The molecule has 1 fully saturated rings. The predicted octanol–water partition coefficient (Wildman–Crippen LogP) is 1.93. The first-order valence-electron chi connectivity index (χ1n) is 5.25. The highest BCUT2D eigenvalue weighted by atomic mass is 32.1. The molecule has 0 amide bonds. The van der Waals surface area contributed by atoms with Gasteiger partial charge in [-0.3, -0.25) is 9.67 Å². The Labute approximate surface area is 94.3 Å². The second kappa shape index (κ2) is 3.42. The topological polar surface area (TPSA) is 53.8 Å². The van der Waals surface area contributed by atoms with E-state index in [0.717, 1.165) is 18.7 Å². The van der Waals surface area contributed by atoms with E-state index < -0.39 is 0 Å². The summed E-state index contributed by atoms with van der Waals surface area (Å²) in [5, 5.41) is 16.4. The monoisotopic (exact) mass is 227 g/mol. The highest BCUT2D eigenvalue weighted by Gasteiger charge is 2.34. The van der Waals surface area contributed by atoms with Crippen molar-refractivity contribution < 1.29 is 5.11 Å². The molecule has 4 nitrogen and oxygen atoms in total. The number of rotatable bonds is 1. The van der Waals surface area contributed by atoms with Crippen molar-refractivity contribution in [3.05, 3.63) is 10.6 Å². The Hall–Kier alpha value is -0.680. The van der Waals surface area contributed by atoms with Crippen LogP contribution in [-0.2, 0) is 5.54 Å². The number of aromatic amines is 1. The van der Waals surface area contributed by atoms with Crippen LogP contribution in [0.1, 0.15) is 45.4 Å². The maximum absolute atomic E-state index is 9.31. The largest absolute Gasteiger partial charge is 0.393 e. The highest BCUT2D eigenvalue weighted by molar-refractivity contribution is 7.71. The Bertz CT molecular complexity index is 409. The number of hydrogen-bond donors (Lipinski definition) is 2. The summed E-state index contributed by atoms with van der Waals surface area (Å²) in [6.45, 7) is 6.32. The van der Waals surface area contributed by atoms with Gasteiger partial charge in [0.15, 0.2) is 4.77 Å². The number of nitrogens with zero attached hydrogens (tertiary/aromatic N) is 2. The molecule has 0 saturated heterocycles. The van der Waals surface area contributed by atoms with Crippen LogP contribution in [0, 0.1) is 4.77 Å². The molecule has 84 valence electrons. The molecule has 1 aliphatic carbocycles. The first-order chi connectivity index (χ1) is 6.89. The Kier molecular flexibility index (Phi) is 2.47. The molecule has 1 aromatic rings. The number of hydrogen-bond acceptors (Lipinski definition) is 3. The van der Waals surface area contributed by atoms with Crippen molar-refractivity contribution in [1.29, 1.82) is 0 Å². The maximum Gasteiger partial charge on any atom is 0.195 e. The van der Waals surface area contributed by atoms with E-state index in [2.05, 4.69) is 35.5 Å². The van der Waals surface area contributed by atoms with Crippen molar-refractivity contribution in [3.63, 3.8) is 0 Å². The summed E-state index contributed by atoms with van der Waals surface area (Å²) in [5.74, 6) is 1.34. The number of nitrogens with one attached hydrogen (secondary N) is 1. The van der Waals surface area contributed by atoms with E-state index in [1.807, 2.05) is 0 Å². The lowest BCUT2D eigenvalue weighted by Crippen LogP contribution is -2.32. The molecule has 0 spiro atoms. The van der Waals surface area contributed by atoms with E-state index in [1.165, 1.54) is 0 Å². The minimum Gasteiger partial charge on any atom is -0.393 e. The van der Waals surface area contributed by atoms with Gasteiger partial charge in [-0.15, -0.1) is 0 Å². The smallest absolute Gasteiger partial charge is 0.195 e. The molecule has 15 heavy (non-hydrogen) atoms. The summed E-state index contributed by atoms with van der Waals surface area (Å²) in [4.78, 5) is 0. The van der Waals surface area contributed by atoms with Crippen LogP contribution in [0.5, 0.6) is 0 Å². The molecule has 1 aromatic heterocycles. The minimum atomic E-state index is -0.159. The molecule has 1 saturated carbocycles. The zero-order valence-electron chi connectivity index (χ0n) is 9.32. The molecule has 0 radical (unpaired) electrons. The van der Waals surface area contributed by atoms with Gasteiger partial charge in [-0.25, -0.2) is 0 Å². The van der Waals surface area contributed by atoms with Gasteiger partial charge in [0.25, 0.3) is 0 Å². The fourth-order valence-electron chi connectivity index (χ4n) is 2.03. The van der Waals surface area contributed by atoms with Gasteiger partial charge in [0.1, 0.15) is 5.82 Å². The Morgan fingerprint density at radius 3 is 2.53 bits per heavy atom. The summed E-state index contributed by atoms with van der Waals surface area (Å²) < 4.78 is 2.72. The second-order valence-corrected chi connectivity index (χ2v) is 5.60. The van der Waals surface area contributed by atoms with E-state index in [4.69, 9.17) is 12.2 Å². The molecular weight excluding hydrogens is 210 g/mol. The molecule has 1 aliphatic rings. The molecule has 1 heterocycles. The van der Waals surface area contributed by atoms with Crippen molar-refractivity contribution in [2.75, 3.05) is 0 Å². The third kappa shape index (κ3) is 1.86. The van der Waals surface area contributed by atoms with E-state index in [0.29, 0.717) is 10.7 Å². The van der Waals surface area contributed by atoms with Crippen LogP contribution >= 0.6 is 12.2 Å². The summed E-state index contributed by atoms with van der Waals surface area (Å²) in [6, 6.07) is 0. The average Bonchev–Trinajstić information content (AvgIpc) is 2.40. The van der Waals surface area contributed by atoms with Crippen LogP contribution in [0.3, 0.4) is 0 Å². The Morgan fingerprint density at radius 2 is 2.07 bits per heavy atom. The van der Waals surface area contributed by atoms with Gasteiger partial charge < -0.3 is 5.11 Å². The summed E-state index contributed by atoms with van der Waals surface area (Å²) in [7, 11) is 0. The molecule has 2 N–H and O–H groups in total. The van der Waals surface area contributed by atoms with Gasteiger partial charge in [-0.2, -0.15) is 5.10 Å². The van der Waals surface area contributed by atoms with Crippen LogP contribution in [0.25, 0.3) is 0 Å². The third-order valence-electron chi connectivity index (χ3n) is 2.85. The van der Waals surface area contributed by atoms with Crippen LogP contribution in [0.15, 0.2) is 0 Å². The van der Waals surface area contributed by atoms with Crippen molar-refractivity contribution in [2.45, 2.75) is 51.2 Å². The first kappa shape index (κ1) is 10.8. The molecule has 2 rings (SSSR count). The number of aliphatic hydroxyl groups is 1. The van der Waals surface area contributed by atoms with Gasteiger partial charge in [0, 0.05) is 11.5 Å². The van der Waals surface area contributed by atoms with Crippen molar-refractivity contribution in [3.8, 4) is 0 Å². The SMILES string of the molecule is CC(C)(C)n1c(C2CC(O)C2)n[nH]c1=S. The Balaban J connectivity index is 2.37. The van der Waals surface area contributed by atoms with Gasteiger partial charge in [0.05, 0.1) is 6.10 Å². The van der Waals surface area contributed by atoms with Gasteiger partial charge in [-0.05, 0) is 45.8 Å². The zero-order valence-corrected chi connectivity index (χ0v) is 10.1. The van der Waals surface area contributed by atoms with E-state index in [1.54, 1.807) is 0 Å². The van der Waals surface area contributed by atoms with E-state index >= 15 is 0 Å². The molecule has 5 heteroatoms. The first-order valence-corrected chi connectivity index (χ1v) is 5.66. The second-order valence-electron chi connectivity index (χ2n) is 5.22. The number of H-pyrrole nitrogens is 1. The normalized spacial score (nSPS) is 26.4. The van der Waals surface area contributed by atoms with Crippen LogP contribution < -0.4 is 0 Å². The molecule has 0 atom stereocenters. The van der Waals surface area contributed by atoms with Crippen molar-refractivity contribution in [2.24, 2.45) is 0 Å². The average molecular weight is 227 g/mol. The standard InChI is InChI=1S/C10H17N3OS/c1-10(2,3)13-8(11-12-9(13)15)6-4-7(14)5-6/h6-7,14H,4-5H2,1-3H3,(H,12,15). The summed E-state index contributed by atoms with van der Waals surface area (Å²) in [5.41, 5.74) is -0.0556. The van der Waals surface area contributed by atoms with Gasteiger partial charge in [-0.1, -0.05) is 0 Å². The van der Waals surface area contributed by atoms with Gasteiger partial charge >= 0.3 is 0 Å². The lowest BCUT2D eigenvalue weighted by atomic mass is 9.81. The lowest BCUT2D eigenvalue weighted by molar-refractivity contribution is 0.0687.